The van der Waals surface area contributed by atoms with Gasteiger partial charge in [-0.15, -0.1) is 0 Å². The van der Waals surface area contributed by atoms with Crippen LogP contribution < -0.4 is 16.0 Å². The molecule has 0 saturated heterocycles. The van der Waals surface area contributed by atoms with Crippen LogP contribution >= 0.6 is 11.6 Å². The molecule has 2 aromatic carbocycles. The van der Waals surface area contributed by atoms with E-state index in [1.165, 1.54) is 0 Å². The van der Waals surface area contributed by atoms with Gasteiger partial charge in [0.25, 0.3) is 0 Å². The lowest BCUT2D eigenvalue weighted by Crippen LogP contribution is -2.31. The van der Waals surface area contributed by atoms with Gasteiger partial charge >= 0.3 is 6.03 Å². The fourth-order valence-corrected chi connectivity index (χ4v) is 2.18. The minimum atomic E-state index is -0.183. The Bertz CT molecular complexity index is 589. The van der Waals surface area contributed by atoms with E-state index in [1.54, 1.807) is 0 Å². The molecule has 0 aliphatic carbocycles. The smallest absolute Gasteiger partial charge is 0.319 e. The second kappa shape index (κ2) is 9.07. The Morgan fingerprint density at radius 1 is 0.955 bits per heavy atom. The van der Waals surface area contributed by atoms with E-state index in [4.69, 9.17) is 11.6 Å². The summed E-state index contributed by atoms with van der Waals surface area (Å²) in [5.41, 5.74) is 1.87. The van der Waals surface area contributed by atoms with Crippen LogP contribution in [0.4, 0.5) is 10.5 Å². The fraction of sp³-hybridized carbons (Fsp3) is 0.235. The van der Waals surface area contributed by atoms with Crippen LogP contribution in [0.3, 0.4) is 0 Å². The molecule has 0 unspecified atom stereocenters. The molecule has 0 aromatic heterocycles. The molecule has 0 atom stereocenters. The summed E-state index contributed by atoms with van der Waals surface area (Å²) in [6.07, 6.45) is 0.854. The Morgan fingerprint density at radius 3 is 2.45 bits per heavy atom. The minimum Gasteiger partial charge on any atom is -0.338 e. The Balaban J connectivity index is 1.56. The van der Waals surface area contributed by atoms with E-state index in [0.717, 1.165) is 35.8 Å². The van der Waals surface area contributed by atoms with Gasteiger partial charge in [0, 0.05) is 23.8 Å². The van der Waals surface area contributed by atoms with Crippen molar-refractivity contribution in [2.45, 2.75) is 13.0 Å². The molecule has 116 valence electrons. The molecule has 0 fully saturated rings. The number of hydrogen-bond acceptors (Lipinski definition) is 2. The number of amides is 2. The maximum absolute atomic E-state index is 11.7. The molecule has 2 rings (SSSR count). The standard InChI is InChI=1S/C17H20ClN3O/c18-16-10-5-4-7-14(16)13-19-11-6-12-20-17(22)21-15-8-2-1-3-9-15/h1-5,7-10,19H,6,11-13H2,(H2,20,21,22). The number of hydrogen-bond donors (Lipinski definition) is 3. The highest BCUT2D eigenvalue weighted by atomic mass is 35.5. The zero-order valence-electron chi connectivity index (χ0n) is 12.3. The average molecular weight is 318 g/mol. The quantitative estimate of drug-likeness (QED) is 0.683. The highest BCUT2D eigenvalue weighted by Gasteiger charge is 2.00. The first-order valence-corrected chi connectivity index (χ1v) is 7.67. The first-order chi connectivity index (χ1) is 10.8. The number of halogens is 1. The van der Waals surface area contributed by atoms with E-state index in [1.807, 2.05) is 54.6 Å². The number of benzene rings is 2. The summed E-state index contributed by atoms with van der Waals surface area (Å²) in [6, 6.07) is 17.0. The molecule has 4 nitrogen and oxygen atoms in total. The lowest BCUT2D eigenvalue weighted by molar-refractivity contribution is 0.252. The number of carbonyl (C=O) groups is 1. The first-order valence-electron chi connectivity index (χ1n) is 7.30. The van der Waals surface area contributed by atoms with Crippen LogP contribution in [0.2, 0.25) is 5.02 Å². The van der Waals surface area contributed by atoms with Gasteiger partial charge in [-0.2, -0.15) is 0 Å². The van der Waals surface area contributed by atoms with Crippen molar-refractivity contribution in [1.82, 2.24) is 10.6 Å². The van der Waals surface area contributed by atoms with E-state index in [0.29, 0.717) is 6.54 Å². The molecule has 22 heavy (non-hydrogen) atoms. The third kappa shape index (κ3) is 5.76. The molecule has 3 N–H and O–H groups in total. The predicted octanol–water partition coefficient (Wildman–Crippen LogP) is 3.64. The average Bonchev–Trinajstić information content (AvgIpc) is 2.53. The van der Waals surface area contributed by atoms with Gasteiger partial charge in [-0.3, -0.25) is 0 Å². The number of para-hydroxylation sites is 1. The van der Waals surface area contributed by atoms with Crippen LogP contribution in [-0.2, 0) is 6.54 Å². The maximum Gasteiger partial charge on any atom is 0.319 e. The van der Waals surface area contributed by atoms with Gasteiger partial charge in [0.05, 0.1) is 0 Å². The molecule has 2 amide bonds. The van der Waals surface area contributed by atoms with Crippen LogP contribution in [0.1, 0.15) is 12.0 Å². The molecule has 0 radical (unpaired) electrons. The van der Waals surface area contributed by atoms with Crippen molar-refractivity contribution in [2.75, 3.05) is 18.4 Å². The number of urea groups is 1. The van der Waals surface area contributed by atoms with Crippen molar-refractivity contribution in [2.24, 2.45) is 0 Å². The van der Waals surface area contributed by atoms with Crippen molar-refractivity contribution in [3.05, 3.63) is 65.2 Å². The van der Waals surface area contributed by atoms with Crippen LogP contribution in [0, 0.1) is 0 Å². The molecule has 0 aliphatic heterocycles. The van der Waals surface area contributed by atoms with E-state index in [-0.39, 0.29) is 6.03 Å². The van der Waals surface area contributed by atoms with Crippen molar-refractivity contribution in [3.63, 3.8) is 0 Å². The molecule has 5 heteroatoms. The largest absolute Gasteiger partial charge is 0.338 e. The van der Waals surface area contributed by atoms with Crippen molar-refractivity contribution >= 4 is 23.3 Å². The summed E-state index contributed by atoms with van der Waals surface area (Å²) in [6.45, 7) is 2.17. The molecule has 0 bridgehead atoms. The Kier molecular flexibility index (Phi) is 6.74. The number of rotatable bonds is 7. The summed E-state index contributed by atoms with van der Waals surface area (Å²) < 4.78 is 0. The van der Waals surface area contributed by atoms with Gasteiger partial charge in [-0.25, -0.2) is 4.79 Å². The Hall–Kier alpha value is -2.04. The lowest BCUT2D eigenvalue weighted by Gasteiger charge is -2.09. The van der Waals surface area contributed by atoms with Crippen molar-refractivity contribution in [3.8, 4) is 0 Å². The summed E-state index contributed by atoms with van der Waals surface area (Å²) in [5, 5.41) is 9.69. The minimum absolute atomic E-state index is 0.183. The molecular weight excluding hydrogens is 298 g/mol. The normalized spacial score (nSPS) is 10.2. The zero-order valence-corrected chi connectivity index (χ0v) is 13.1. The molecule has 0 saturated carbocycles. The van der Waals surface area contributed by atoms with Gasteiger partial charge in [0.1, 0.15) is 0 Å². The highest BCUT2D eigenvalue weighted by molar-refractivity contribution is 6.31. The highest BCUT2D eigenvalue weighted by Crippen LogP contribution is 2.14. The maximum atomic E-state index is 11.7. The zero-order chi connectivity index (χ0) is 15.6. The molecule has 0 heterocycles. The Labute approximate surface area is 135 Å². The molecular formula is C17H20ClN3O. The summed E-state index contributed by atoms with van der Waals surface area (Å²) >= 11 is 6.08. The van der Waals surface area contributed by atoms with Gasteiger partial charge in [0.2, 0.25) is 0 Å². The van der Waals surface area contributed by atoms with Gasteiger partial charge in [0.15, 0.2) is 0 Å². The topological polar surface area (TPSA) is 53.2 Å². The number of anilines is 1. The van der Waals surface area contributed by atoms with Gasteiger partial charge < -0.3 is 16.0 Å². The fourth-order valence-electron chi connectivity index (χ4n) is 1.98. The van der Waals surface area contributed by atoms with Crippen LogP contribution in [-0.4, -0.2) is 19.1 Å². The van der Waals surface area contributed by atoms with E-state index in [2.05, 4.69) is 16.0 Å². The third-order valence-electron chi connectivity index (χ3n) is 3.12. The summed E-state index contributed by atoms with van der Waals surface area (Å²) in [7, 11) is 0. The van der Waals surface area contributed by atoms with Crippen molar-refractivity contribution < 1.29 is 4.79 Å². The second-order valence-electron chi connectivity index (χ2n) is 4.87. The molecule has 0 spiro atoms. The van der Waals surface area contributed by atoms with E-state index in [9.17, 15) is 4.79 Å². The number of nitrogens with one attached hydrogen (secondary N) is 3. The first kappa shape index (κ1) is 16.3. The van der Waals surface area contributed by atoms with Crippen LogP contribution in [0.25, 0.3) is 0 Å². The molecule has 0 aliphatic rings. The monoisotopic (exact) mass is 317 g/mol. The SMILES string of the molecule is O=C(NCCCNCc1ccccc1Cl)Nc1ccccc1. The molecule has 2 aromatic rings. The van der Waals surface area contributed by atoms with E-state index < -0.39 is 0 Å². The van der Waals surface area contributed by atoms with Crippen LogP contribution in [0.15, 0.2) is 54.6 Å². The van der Waals surface area contributed by atoms with Crippen LogP contribution in [0.5, 0.6) is 0 Å². The summed E-state index contributed by atoms with van der Waals surface area (Å²) in [5.74, 6) is 0. The van der Waals surface area contributed by atoms with Crippen molar-refractivity contribution in [1.29, 1.82) is 0 Å². The Morgan fingerprint density at radius 2 is 1.68 bits per heavy atom. The van der Waals surface area contributed by atoms with E-state index >= 15 is 0 Å². The summed E-state index contributed by atoms with van der Waals surface area (Å²) in [4.78, 5) is 11.7. The second-order valence-corrected chi connectivity index (χ2v) is 5.28. The third-order valence-corrected chi connectivity index (χ3v) is 3.49. The number of carbonyl (C=O) groups excluding carboxylic acids is 1. The van der Waals surface area contributed by atoms with Gasteiger partial charge in [-0.1, -0.05) is 48.0 Å². The lowest BCUT2D eigenvalue weighted by atomic mass is 10.2. The predicted molar refractivity (Wildman–Crippen MR) is 91.2 cm³/mol. The van der Waals surface area contributed by atoms with Gasteiger partial charge in [-0.05, 0) is 36.7 Å².